The van der Waals surface area contributed by atoms with Gasteiger partial charge in [-0.3, -0.25) is 4.79 Å². The Morgan fingerprint density at radius 3 is 2.71 bits per heavy atom. The SMILES string of the molecule is O=C(CCCc1cccs1)NCCNS(=O)(=O)c1cccc(Cl)c1. The molecule has 1 aromatic heterocycles. The highest BCUT2D eigenvalue weighted by molar-refractivity contribution is 7.89. The molecule has 8 heteroatoms. The lowest BCUT2D eigenvalue weighted by Crippen LogP contribution is -2.34. The van der Waals surface area contributed by atoms with Crippen LogP contribution in [0.15, 0.2) is 46.7 Å². The number of nitrogens with one attached hydrogen (secondary N) is 2. The number of amides is 1. The van der Waals surface area contributed by atoms with Crippen molar-refractivity contribution in [2.24, 2.45) is 0 Å². The maximum atomic E-state index is 12.1. The highest BCUT2D eigenvalue weighted by atomic mass is 35.5. The molecule has 0 saturated carbocycles. The van der Waals surface area contributed by atoms with Crippen LogP contribution in [0.4, 0.5) is 0 Å². The highest BCUT2D eigenvalue weighted by Gasteiger charge is 2.13. The molecule has 0 atom stereocenters. The average molecular weight is 387 g/mol. The minimum atomic E-state index is -3.61. The molecule has 0 saturated heterocycles. The van der Waals surface area contributed by atoms with E-state index in [-0.39, 0.29) is 23.9 Å². The number of hydrogen-bond acceptors (Lipinski definition) is 4. The van der Waals surface area contributed by atoms with Crippen LogP contribution in [0.3, 0.4) is 0 Å². The zero-order chi connectivity index (χ0) is 17.4. The first-order chi connectivity index (χ1) is 11.5. The third kappa shape index (κ3) is 6.24. The van der Waals surface area contributed by atoms with Gasteiger partial charge in [-0.15, -0.1) is 11.3 Å². The molecule has 2 rings (SSSR count). The summed E-state index contributed by atoms with van der Waals surface area (Å²) in [5, 5.41) is 5.08. The van der Waals surface area contributed by atoms with Crippen molar-refractivity contribution >= 4 is 38.9 Å². The van der Waals surface area contributed by atoms with E-state index in [9.17, 15) is 13.2 Å². The molecular weight excluding hydrogens is 368 g/mol. The fraction of sp³-hybridized carbons (Fsp3) is 0.312. The fourth-order valence-electron chi connectivity index (χ4n) is 2.07. The first-order valence-corrected chi connectivity index (χ1v) is 10.3. The lowest BCUT2D eigenvalue weighted by molar-refractivity contribution is -0.121. The number of carbonyl (C=O) groups is 1. The van der Waals surface area contributed by atoms with Gasteiger partial charge >= 0.3 is 0 Å². The van der Waals surface area contributed by atoms with E-state index in [2.05, 4.69) is 10.0 Å². The smallest absolute Gasteiger partial charge is 0.240 e. The van der Waals surface area contributed by atoms with Crippen molar-refractivity contribution in [3.8, 4) is 0 Å². The Hall–Kier alpha value is -1.41. The standard InChI is InChI=1S/C16H19ClN2O3S2/c17-13-4-1-7-15(12-13)24(21,22)19-10-9-18-16(20)8-2-5-14-6-3-11-23-14/h1,3-4,6-7,11-12,19H,2,5,8-10H2,(H,18,20). The number of sulfonamides is 1. The van der Waals surface area contributed by atoms with Gasteiger partial charge in [0.05, 0.1) is 4.90 Å². The predicted molar refractivity (Wildman–Crippen MR) is 96.9 cm³/mol. The molecule has 0 fully saturated rings. The van der Waals surface area contributed by atoms with Crippen molar-refractivity contribution < 1.29 is 13.2 Å². The van der Waals surface area contributed by atoms with Crippen molar-refractivity contribution in [1.29, 1.82) is 0 Å². The second-order valence-electron chi connectivity index (χ2n) is 5.14. The summed E-state index contributed by atoms with van der Waals surface area (Å²) in [5.41, 5.74) is 0. The Morgan fingerprint density at radius 2 is 2.00 bits per heavy atom. The van der Waals surface area contributed by atoms with Crippen LogP contribution < -0.4 is 10.0 Å². The van der Waals surface area contributed by atoms with Crippen LogP contribution in [0, 0.1) is 0 Å². The van der Waals surface area contributed by atoms with E-state index in [0.29, 0.717) is 11.4 Å². The quantitative estimate of drug-likeness (QED) is 0.650. The van der Waals surface area contributed by atoms with Gasteiger partial charge in [-0.25, -0.2) is 13.1 Å². The zero-order valence-corrected chi connectivity index (χ0v) is 15.4. The van der Waals surface area contributed by atoms with Gasteiger partial charge < -0.3 is 5.32 Å². The van der Waals surface area contributed by atoms with E-state index < -0.39 is 10.0 Å². The van der Waals surface area contributed by atoms with Crippen molar-refractivity contribution in [1.82, 2.24) is 10.0 Å². The number of thiophene rings is 1. The minimum absolute atomic E-state index is 0.0755. The third-order valence-electron chi connectivity index (χ3n) is 3.25. The summed E-state index contributed by atoms with van der Waals surface area (Å²) in [5.74, 6) is -0.0755. The van der Waals surface area contributed by atoms with E-state index in [1.807, 2.05) is 17.5 Å². The number of carbonyl (C=O) groups excluding carboxylic acids is 1. The van der Waals surface area contributed by atoms with Crippen LogP contribution >= 0.6 is 22.9 Å². The van der Waals surface area contributed by atoms with Gasteiger partial charge in [-0.1, -0.05) is 23.7 Å². The van der Waals surface area contributed by atoms with Crippen molar-refractivity contribution in [3.63, 3.8) is 0 Å². The van der Waals surface area contributed by atoms with E-state index in [1.165, 1.54) is 17.0 Å². The summed E-state index contributed by atoms with van der Waals surface area (Å²) in [7, 11) is -3.61. The Kier molecular flexibility index (Phi) is 7.23. The monoisotopic (exact) mass is 386 g/mol. The number of hydrogen-bond donors (Lipinski definition) is 2. The first kappa shape index (κ1) is 18.9. The molecule has 0 unspecified atom stereocenters. The summed E-state index contributed by atoms with van der Waals surface area (Å²) in [6.07, 6.45) is 2.09. The maximum Gasteiger partial charge on any atom is 0.240 e. The highest BCUT2D eigenvalue weighted by Crippen LogP contribution is 2.15. The molecule has 130 valence electrons. The zero-order valence-electron chi connectivity index (χ0n) is 13.0. The molecule has 0 aliphatic heterocycles. The molecule has 0 radical (unpaired) electrons. The Bertz CT molecular complexity index is 761. The predicted octanol–water partition coefficient (Wildman–Crippen LogP) is 2.82. The molecule has 24 heavy (non-hydrogen) atoms. The summed E-state index contributed by atoms with van der Waals surface area (Å²) < 4.78 is 26.5. The Balaban J connectivity index is 1.65. The van der Waals surface area contributed by atoms with E-state index in [0.717, 1.165) is 12.8 Å². The van der Waals surface area contributed by atoms with Crippen molar-refractivity contribution in [3.05, 3.63) is 51.7 Å². The third-order valence-corrected chi connectivity index (χ3v) is 5.88. The molecule has 0 spiro atoms. The number of halogens is 1. The normalized spacial score (nSPS) is 11.4. The lowest BCUT2D eigenvalue weighted by atomic mass is 10.2. The molecule has 1 aromatic carbocycles. The van der Waals surface area contributed by atoms with Crippen LogP contribution in [0.25, 0.3) is 0 Å². The fourth-order valence-corrected chi connectivity index (χ4v) is 4.15. The summed E-state index contributed by atoms with van der Waals surface area (Å²) in [6.45, 7) is 0.378. The summed E-state index contributed by atoms with van der Waals surface area (Å²) >= 11 is 7.47. The Morgan fingerprint density at radius 1 is 1.17 bits per heavy atom. The van der Waals surface area contributed by atoms with E-state index >= 15 is 0 Å². The molecule has 2 aromatic rings. The van der Waals surface area contributed by atoms with Gasteiger partial charge in [0, 0.05) is 29.4 Å². The second-order valence-corrected chi connectivity index (χ2v) is 8.37. The number of rotatable bonds is 9. The summed E-state index contributed by atoms with van der Waals surface area (Å²) in [6, 6.07) is 10.1. The van der Waals surface area contributed by atoms with Crippen molar-refractivity contribution in [2.75, 3.05) is 13.1 Å². The van der Waals surface area contributed by atoms with Crippen LogP contribution in [-0.2, 0) is 21.2 Å². The largest absolute Gasteiger partial charge is 0.355 e. The van der Waals surface area contributed by atoms with Gasteiger partial charge in [-0.05, 0) is 42.5 Å². The Labute approximate surface area is 151 Å². The molecule has 2 N–H and O–H groups in total. The van der Waals surface area contributed by atoms with Crippen LogP contribution in [0.5, 0.6) is 0 Å². The average Bonchev–Trinajstić information content (AvgIpc) is 3.05. The van der Waals surface area contributed by atoms with Crippen LogP contribution in [-0.4, -0.2) is 27.4 Å². The van der Waals surface area contributed by atoms with E-state index in [4.69, 9.17) is 11.6 Å². The maximum absolute atomic E-state index is 12.1. The number of benzene rings is 1. The number of aryl methyl sites for hydroxylation is 1. The molecule has 1 heterocycles. The molecule has 0 aliphatic rings. The van der Waals surface area contributed by atoms with Gasteiger partial charge in [0.25, 0.3) is 0 Å². The summed E-state index contributed by atoms with van der Waals surface area (Å²) in [4.78, 5) is 13.1. The van der Waals surface area contributed by atoms with Crippen LogP contribution in [0.2, 0.25) is 5.02 Å². The molecule has 0 bridgehead atoms. The molecule has 1 amide bonds. The van der Waals surface area contributed by atoms with Gasteiger partial charge in [-0.2, -0.15) is 0 Å². The van der Waals surface area contributed by atoms with E-state index in [1.54, 1.807) is 23.5 Å². The van der Waals surface area contributed by atoms with Gasteiger partial charge in [0.2, 0.25) is 15.9 Å². The lowest BCUT2D eigenvalue weighted by Gasteiger charge is -2.08. The topological polar surface area (TPSA) is 75.3 Å². The van der Waals surface area contributed by atoms with Crippen molar-refractivity contribution in [2.45, 2.75) is 24.2 Å². The van der Waals surface area contributed by atoms with Gasteiger partial charge in [0.1, 0.15) is 0 Å². The first-order valence-electron chi connectivity index (χ1n) is 7.52. The molecule has 5 nitrogen and oxygen atoms in total. The second kappa shape index (κ2) is 9.17. The van der Waals surface area contributed by atoms with Gasteiger partial charge in [0.15, 0.2) is 0 Å². The minimum Gasteiger partial charge on any atom is -0.355 e. The molecular formula is C16H19ClN2O3S2. The van der Waals surface area contributed by atoms with Crippen LogP contribution in [0.1, 0.15) is 17.7 Å². The molecule has 0 aliphatic carbocycles.